The fraction of sp³-hybridized carbons (Fsp3) is 0.500. The molecule has 56 valence electrons. The van der Waals surface area contributed by atoms with E-state index in [0.717, 1.165) is 0 Å². The quantitative estimate of drug-likeness (QED) is 0.514. The monoisotopic (exact) mass is 140 g/mol. The molecule has 0 amide bonds. The normalized spacial score (nSPS) is 21.7. The maximum Gasteiger partial charge on any atom is 0.177 e. The first kappa shape index (κ1) is 7.51. The summed E-state index contributed by atoms with van der Waals surface area (Å²) in [4.78, 5) is 0. The average molecular weight is 140 g/mol. The molecule has 0 N–H and O–H groups in total. The van der Waals surface area contributed by atoms with Gasteiger partial charge in [-0.25, -0.2) is 0 Å². The molecule has 0 spiro atoms. The molecule has 1 rings (SSSR count). The summed E-state index contributed by atoms with van der Waals surface area (Å²) in [6.07, 6.45) is 7.59. The van der Waals surface area contributed by atoms with Crippen LogP contribution in [0.2, 0.25) is 0 Å². The Morgan fingerprint density at radius 2 is 1.90 bits per heavy atom. The van der Waals surface area contributed by atoms with Crippen LogP contribution in [0.5, 0.6) is 0 Å². The Balaban J connectivity index is 2.33. The predicted molar refractivity (Wildman–Crippen MR) is 39.6 cm³/mol. The van der Waals surface area contributed by atoms with Crippen molar-refractivity contribution in [1.82, 2.24) is 0 Å². The van der Waals surface area contributed by atoms with Crippen molar-refractivity contribution in [2.75, 3.05) is 13.2 Å². The van der Waals surface area contributed by atoms with Crippen molar-refractivity contribution in [2.24, 2.45) is 0 Å². The van der Waals surface area contributed by atoms with Gasteiger partial charge in [0.15, 0.2) is 6.29 Å². The van der Waals surface area contributed by atoms with Crippen molar-refractivity contribution < 1.29 is 9.47 Å². The van der Waals surface area contributed by atoms with Gasteiger partial charge in [0.25, 0.3) is 0 Å². The van der Waals surface area contributed by atoms with Crippen LogP contribution in [0.1, 0.15) is 6.92 Å². The van der Waals surface area contributed by atoms with Gasteiger partial charge in [0.2, 0.25) is 0 Å². The largest absolute Gasteiger partial charge is 0.345 e. The van der Waals surface area contributed by atoms with Crippen LogP contribution in [0.15, 0.2) is 24.3 Å². The zero-order chi connectivity index (χ0) is 7.23. The van der Waals surface area contributed by atoms with E-state index >= 15 is 0 Å². The molecule has 0 saturated heterocycles. The van der Waals surface area contributed by atoms with Crippen LogP contribution in [-0.4, -0.2) is 19.5 Å². The Bertz CT molecular complexity index is 128. The van der Waals surface area contributed by atoms with Crippen LogP contribution in [0.4, 0.5) is 0 Å². The molecule has 1 heterocycles. The summed E-state index contributed by atoms with van der Waals surface area (Å²) in [6.45, 7) is 3.25. The number of hydrogen-bond donors (Lipinski definition) is 0. The summed E-state index contributed by atoms with van der Waals surface area (Å²) in [5.41, 5.74) is 0. The molecule has 1 aliphatic rings. The molecular weight excluding hydrogens is 128 g/mol. The molecule has 10 heavy (non-hydrogen) atoms. The second-order valence-corrected chi connectivity index (χ2v) is 2.03. The van der Waals surface area contributed by atoms with Gasteiger partial charge in [-0.2, -0.15) is 0 Å². The van der Waals surface area contributed by atoms with E-state index < -0.39 is 0 Å². The van der Waals surface area contributed by atoms with E-state index in [1.807, 2.05) is 31.2 Å². The molecule has 0 fully saturated rings. The van der Waals surface area contributed by atoms with E-state index in [9.17, 15) is 0 Å². The third-order valence-corrected chi connectivity index (χ3v) is 1.23. The second kappa shape index (κ2) is 4.25. The van der Waals surface area contributed by atoms with Gasteiger partial charge in [-0.3, -0.25) is 0 Å². The number of allylic oxidation sites excluding steroid dienone is 1. The Kier molecular flexibility index (Phi) is 3.19. The first-order valence-electron chi connectivity index (χ1n) is 3.44. The van der Waals surface area contributed by atoms with Gasteiger partial charge in [-0.1, -0.05) is 18.2 Å². The van der Waals surface area contributed by atoms with Crippen molar-refractivity contribution in [3.05, 3.63) is 24.3 Å². The standard InChI is InChI=1S/C8H12O2/c1-2-5-8-9-6-3-4-7-10-8/h2-5,8H,6-7H2,1H3/b5-2-. The van der Waals surface area contributed by atoms with E-state index in [4.69, 9.17) is 9.47 Å². The highest BCUT2D eigenvalue weighted by molar-refractivity contribution is 4.88. The van der Waals surface area contributed by atoms with E-state index in [1.165, 1.54) is 0 Å². The Hall–Kier alpha value is -0.600. The highest BCUT2D eigenvalue weighted by Gasteiger charge is 2.03. The molecular formula is C8H12O2. The van der Waals surface area contributed by atoms with Crippen LogP contribution < -0.4 is 0 Å². The fourth-order valence-corrected chi connectivity index (χ4v) is 0.753. The second-order valence-electron chi connectivity index (χ2n) is 2.03. The van der Waals surface area contributed by atoms with Gasteiger partial charge >= 0.3 is 0 Å². The SMILES string of the molecule is C/C=C\C1OCC=CCO1. The lowest BCUT2D eigenvalue weighted by Gasteiger charge is -2.09. The summed E-state index contributed by atoms with van der Waals surface area (Å²) in [5, 5.41) is 0. The predicted octanol–water partition coefficient (Wildman–Crippen LogP) is 1.49. The third-order valence-electron chi connectivity index (χ3n) is 1.23. The smallest absolute Gasteiger partial charge is 0.177 e. The Labute approximate surface area is 61.1 Å². The lowest BCUT2D eigenvalue weighted by atomic mass is 10.5. The van der Waals surface area contributed by atoms with Crippen molar-refractivity contribution in [3.8, 4) is 0 Å². The minimum absolute atomic E-state index is 0.153. The molecule has 0 radical (unpaired) electrons. The molecule has 0 unspecified atom stereocenters. The highest BCUT2D eigenvalue weighted by Crippen LogP contribution is 2.01. The first-order valence-corrected chi connectivity index (χ1v) is 3.44. The maximum atomic E-state index is 5.25. The molecule has 0 aromatic heterocycles. The molecule has 0 saturated carbocycles. The summed E-state index contributed by atoms with van der Waals surface area (Å²) >= 11 is 0. The van der Waals surface area contributed by atoms with Crippen LogP contribution in [0.3, 0.4) is 0 Å². The van der Waals surface area contributed by atoms with E-state index in [-0.39, 0.29) is 6.29 Å². The Morgan fingerprint density at radius 3 is 2.40 bits per heavy atom. The van der Waals surface area contributed by atoms with Crippen molar-refractivity contribution in [3.63, 3.8) is 0 Å². The van der Waals surface area contributed by atoms with Crippen molar-refractivity contribution >= 4 is 0 Å². The van der Waals surface area contributed by atoms with Gasteiger partial charge in [-0.15, -0.1) is 0 Å². The van der Waals surface area contributed by atoms with Gasteiger partial charge in [-0.05, 0) is 13.0 Å². The first-order chi connectivity index (χ1) is 4.93. The minimum Gasteiger partial charge on any atom is -0.345 e. The molecule has 2 heteroatoms. The van der Waals surface area contributed by atoms with E-state index in [0.29, 0.717) is 13.2 Å². The molecule has 0 aromatic carbocycles. The van der Waals surface area contributed by atoms with Crippen LogP contribution in [0.25, 0.3) is 0 Å². The summed E-state index contributed by atoms with van der Waals surface area (Å²) in [7, 11) is 0. The average Bonchev–Trinajstić information content (AvgIpc) is 2.17. The summed E-state index contributed by atoms with van der Waals surface area (Å²) in [5.74, 6) is 0. The van der Waals surface area contributed by atoms with Crippen molar-refractivity contribution in [1.29, 1.82) is 0 Å². The maximum absolute atomic E-state index is 5.25. The van der Waals surface area contributed by atoms with Gasteiger partial charge < -0.3 is 9.47 Å². The van der Waals surface area contributed by atoms with Gasteiger partial charge in [0.1, 0.15) is 0 Å². The number of ether oxygens (including phenoxy) is 2. The third kappa shape index (κ3) is 2.33. The van der Waals surface area contributed by atoms with E-state index in [2.05, 4.69) is 0 Å². The highest BCUT2D eigenvalue weighted by atomic mass is 16.7. The van der Waals surface area contributed by atoms with Crippen LogP contribution >= 0.6 is 0 Å². The lowest BCUT2D eigenvalue weighted by Crippen LogP contribution is -2.12. The summed E-state index contributed by atoms with van der Waals surface area (Å²) < 4.78 is 10.5. The number of rotatable bonds is 1. The molecule has 1 aliphatic heterocycles. The molecule has 0 atom stereocenters. The Morgan fingerprint density at radius 1 is 1.30 bits per heavy atom. The molecule has 0 aliphatic carbocycles. The van der Waals surface area contributed by atoms with Gasteiger partial charge in [0, 0.05) is 0 Å². The zero-order valence-electron chi connectivity index (χ0n) is 6.12. The lowest BCUT2D eigenvalue weighted by molar-refractivity contribution is -0.0878. The van der Waals surface area contributed by atoms with Gasteiger partial charge in [0.05, 0.1) is 13.2 Å². The van der Waals surface area contributed by atoms with Crippen LogP contribution in [0, 0.1) is 0 Å². The topological polar surface area (TPSA) is 18.5 Å². The minimum atomic E-state index is -0.153. The summed E-state index contributed by atoms with van der Waals surface area (Å²) in [6, 6.07) is 0. The molecule has 0 aromatic rings. The van der Waals surface area contributed by atoms with Crippen LogP contribution in [-0.2, 0) is 9.47 Å². The molecule has 0 bridgehead atoms. The number of hydrogen-bond acceptors (Lipinski definition) is 2. The molecule has 2 nitrogen and oxygen atoms in total. The fourth-order valence-electron chi connectivity index (χ4n) is 0.753. The zero-order valence-corrected chi connectivity index (χ0v) is 6.12. The van der Waals surface area contributed by atoms with Crippen molar-refractivity contribution in [2.45, 2.75) is 13.2 Å². The van der Waals surface area contributed by atoms with E-state index in [1.54, 1.807) is 0 Å².